The molecule has 4 atom stereocenters. The number of amides is 2. The molecule has 0 unspecified atom stereocenters. The zero-order valence-corrected chi connectivity index (χ0v) is 54.0. The van der Waals surface area contributed by atoms with Gasteiger partial charge in [0.2, 0.25) is 0 Å². The van der Waals surface area contributed by atoms with Gasteiger partial charge in [0, 0.05) is 111 Å². The number of nitrogens with two attached hydrogens (primary N) is 1. The molecule has 28 heteroatoms. The van der Waals surface area contributed by atoms with Crippen molar-refractivity contribution in [1.82, 2.24) is 23.6 Å². The summed E-state index contributed by atoms with van der Waals surface area (Å²) in [5, 5.41) is 28.4. The zero-order chi connectivity index (χ0) is 66.1. The highest BCUT2D eigenvalue weighted by Gasteiger charge is 2.27. The van der Waals surface area contributed by atoms with Crippen LogP contribution in [0.2, 0.25) is 20.1 Å². The van der Waals surface area contributed by atoms with E-state index in [-0.39, 0.29) is 99.0 Å². The molecule has 2 fully saturated rings. The number of benzene rings is 6. The molecular formula is C65H67Cl5F2N8O13. The Bertz CT molecular complexity index is 4350. The lowest BCUT2D eigenvalue weighted by Gasteiger charge is -2.29. The van der Waals surface area contributed by atoms with Crippen LogP contribution in [0.25, 0.3) is 44.5 Å². The van der Waals surface area contributed by atoms with Crippen LogP contribution in [-0.4, -0.2) is 112 Å². The van der Waals surface area contributed by atoms with Crippen LogP contribution in [0.3, 0.4) is 0 Å². The number of carbonyl (C=O) groups is 3. The molecule has 0 aliphatic carbocycles. The molecule has 0 saturated carbocycles. The number of nitrogens with one attached hydrogen (secondary N) is 3. The van der Waals surface area contributed by atoms with Crippen molar-refractivity contribution < 1.29 is 52.3 Å². The first kappa shape index (κ1) is 74.0. The Morgan fingerprint density at radius 3 is 1.45 bits per heavy atom. The number of hydrogen-bond acceptors (Lipinski definition) is 15. The third kappa shape index (κ3) is 16.5. The van der Waals surface area contributed by atoms with Crippen molar-refractivity contribution >= 4 is 88.3 Å². The number of rotatable bonds is 14. The van der Waals surface area contributed by atoms with Crippen LogP contribution in [0.15, 0.2) is 129 Å². The number of aliphatic hydroxyl groups is 2. The summed E-state index contributed by atoms with van der Waals surface area (Å²) in [5.74, 6) is -2.39. The number of anilines is 2. The number of ether oxygens (including phenoxy) is 4. The van der Waals surface area contributed by atoms with Crippen LogP contribution in [0.5, 0.6) is 11.5 Å². The predicted molar refractivity (Wildman–Crippen MR) is 358 cm³/mol. The van der Waals surface area contributed by atoms with Crippen LogP contribution in [0.1, 0.15) is 56.9 Å². The summed E-state index contributed by atoms with van der Waals surface area (Å²) >= 11 is 27.0. The minimum Gasteiger partial charge on any atom is -0.496 e. The number of halogens is 7. The van der Waals surface area contributed by atoms with E-state index in [4.69, 9.17) is 76.2 Å². The summed E-state index contributed by atoms with van der Waals surface area (Å²) in [5.41, 5.74) is 6.64. The van der Waals surface area contributed by atoms with E-state index in [1.54, 1.807) is 78.9 Å². The molecule has 4 heterocycles. The molecule has 7 N–H and O–H groups in total. The summed E-state index contributed by atoms with van der Waals surface area (Å²) < 4.78 is 54.9. The molecule has 0 spiro atoms. The van der Waals surface area contributed by atoms with Gasteiger partial charge in [0.15, 0.2) is 6.29 Å². The highest BCUT2D eigenvalue weighted by Crippen LogP contribution is 2.44. The second kappa shape index (κ2) is 32.7. The van der Waals surface area contributed by atoms with Crippen LogP contribution in [-0.2, 0) is 44.2 Å². The zero-order valence-electron chi connectivity index (χ0n) is 50.2. The molecule has 494 valence electrons. The first-order chi connectivity index (χ1) is 43.4. The smallest absolute Gasteiger partial charge is 0.330 e. The fourth-order valence-corrected chi connectivity index (χ4v) is 11.2. The second-order valence-corrected chi connectivity index (χ2v) is 22.5. The standard InChI is InChI=1S/C32H31Cl2FN4O6.C27H20Cl2FN3O5.C5H11NO2.CH4.ClH/c1-38-15-22(31(42)39(2)32(38)43)30(41)37-25-9-5-8-20(29(25)34)19-7-4-6-18(28(19)33)17-12-23(35)21(27(13-17)44-3)14-36-24-10-11-45-16-26(24)40;1-32-12-18(26(36)33(2)27(32)37)25(35)31-21-9-5-8-17(24(21)29)16-7-4-6-15(23(16)28)14-10-20(30)19(13-34)22(11-14)38-3;6-4-1-2-8-3-5(4)7;;/h4-9,12-13,15,24,26,36,40H,10-11,14,16H2,1-3H3,(H,37,41);4-13H,1-3H3,(H,31,35);4-5,7H,1-3,6H2;1H4;1H/t24-,26+;;4-,5+;;/m1.1../s1. The molecule has 93 heavy (non-hydrogen) atoms. The van der Waals surface area contributed by atoms with Crippen molar-refractivity contribution in [2.45, 2.75) is 51.1 Å². The molecule has 2 amide bonds. The van der Waals surface area contributed by atoms with E-state index in [1.165, 1.54) is 66.8 Å². The topological polar surface area (TPSA) is 279 Å². The number of nitrogens with zero attached hydrogens (tertiary/aromatic N) is 4. The Kier molecular flexibility index (Phi) is 26.0. The summed E-state index contributed by atoms with van der Waals surface area (Å²) in [6.07, 6.45) is 2.95. The van der Waals surface area contributed by atoms with Crippen molar-refractivity contribution in [3.8, 4) is 56.0 Å². The Morgan fingerprint density at radius 1 is 0.624 bits per heavy atom. The highest BCUT2D eigenvalue weighted by atomic mass is 35.5. The van der Waals surface area contributed by atoms with Gasteiger partial charge in [0.05, 0.1) is 76.7 Å². The van der Waals surface area contributed by atoms with E-state index in [9.17, 15) is 43.1 Å². The summed E-state index contributed by atoms with van der Waals surface area (Å²) in [7, 11) is 8.20. The van der Waals surface area contributed by atoms with Crippen LogP contribution < -0.4 is 53.7 Å². The van der Waals surface area contributed by atoms with Gasteiger partial charge in [-0.05, 0) is 60.4 Å². The van der Waals surface area contributed by atoms with Gasteiger partial charge in [-0.1, -0.05) is 114 Å². The molecule has 2 aliphatic heterocycles. The van der Waals surface area contributed by atoms with Gasteiger partial charge in [-0.3, -0.25) is 33.1 Å². The Morgan fingerprint density at radius 2 is 1.03 bits per heavy atom. The third-order valence-corrected chi connectivity index (χ3v) is 16.8. The van der Waals surface area contributed by atoms with Gasteiger partial charge in [0.25, 0.3) is 22.9 Å². The van der Waals surface area contributed by atoms with E-state index < -0.39 is 58.2 Å². The number of hydrogen-bond donors (Lipinski definition) is 6. The van der Waals surface area contributed by atoms with Crippen molar-refractivity contribution in [3.05, 3.63) is 205 Å². The first-order valence-electron chi connectivity index (χ1n) is 27.9. The minimum absolute atomic E-state index is 0. The molecule has 2 aliphatic rings. The molecule has 0 bridgehead atoms. The molecular weight excluding hydrogens is 1320 g/mol. The van der Waals surface area contributed by atoms with E-state index in [2.05, 4.69) is 16.0 Å². The number of methoxy groups -OCH3 is 2. The number of carbonyl (C=O) groups excluding carboxylic acids is 3. The van der Waals surface area contributed by atoms with Crippen molar-refractivity contribution in [3.63, 3.8) is 0 Å². The molecule has 8 aromatic rings. The van der Waals surface area contributed by atoms with Crippen LogP contribution in [0.4, 0.5) is 20.2 Å². The Hall–Kier alpha value is -8.04. The molecule has 21 nitrogen and oxygen atoms in total. The molecule has 6 aromatic carbocycles. The highest BCUT2D eigenvalue weighted by molar-refractivity contribution is 6.40. The molecule has 10 rings (SSSR count). The predicted octanol–water partition coefficient (Wildman–Crippen LogP) is 9.45. The van der Waals surface area contributed by atoms with Crippen molar-refractivity contribution in [2.75, 3.05) is 51.3 Å². The number of aliphatic hydroxyl groups excluding tert-OH is 2. The van der Waals surface area contributed by atoms with Crippen LogP contribution in [0, 0.1) is 11.6 Å². The maximum Gasteiger partial charge on any atom is 0.330 e. The maximum atomic E-state index is 15.5. The SMILES string of the molecule is C.COc1cc(-c2cccc(-c3cccc(NC(=O)c4cn(C)c(=O)n(C)c4=O)c3Cl)c2Cl)cc(F)c1C=O.COc1cc(-c2cccc(-c3cccc(NC(=O)c4cn(C)c(=O)n(C)c4=O)c3Cl)c2Cl)cc(F)c1CN[C@@H]1CCOC[C@@H]1O.Cl.N[C@@H]1CCOC[C@@H]1O. The van der Waals surface area contributed by atoms with Gasteiger partial charge in [-0.15, -0.1) is 12.4 Å². The minimum atomic E-state index is -0.761. The first-order valence-corrected chi connectivity index (χ1v) is 29.4. The third-order valence-electron chi connectivity index (χ3n) is 15.1. The molecule has 2 saturated heterocycles. The van der Waals surface area contributed by atoms with Gasteiger partial charge >= 0.3 is 11.4 Å². The monoisotopic (exact) mass is 1380 g/mol. The summed E-state index contributed by atoms with van der Waals surface area (Å²) in [6, 6.07) is 25.6. The van der Waals surface area contributed by atoms with Crippen molar-refractivity contribution in [1.29, 1.82) is 0 Å². The van der Waals surface area contributed by atoms with E-state index in [1.807, 2.05) is 0 Å². The van der Waals surface area contributed by atoms with E-state index >= 15 is 4.39 Å². The van der Waals surface area contributed by atoms with E-state index in [0.717, 1.165) is 30.9 Å². The summed E-state index contributed by atoms with van der Waals surface area (Å²) in [4.78, 5) is 86.2. The Labute approximate surface area is 558 Å². The fourth-order valence-electron chi connectivity index (χ4n) is 9.99. The van der Waals surface area contributed by atoms with Gasteiger partial charge < -0.3 is 60.0 Å². The van der Waals surface area contributed by atoms with E-state index in [0.29, 0.717) is 88.3 Å². The number of aromatic nitrogens is 4. The normalized spacial score (nSPS) is 15.8. The average Bonchev–Trinajstić information content (AvgIpc) is 0.805. The number of aryl methyl sites for hydroxylation is 2. The molecule has 0 radical (unpaired) electrons. The lowest BCUT2D eigenvalue weighted by atomic mass is 9.97. The maximum absolute atomic E-state index is 15.5. The van der Waals surface area contributed by atoms with Crippen LogP contribution >= 0.6 is 58.8 Å². The lowest BCUT2D eigenvalue weighted by Crippen LogP contribution is -2.46. The number of aldehydes is 1. The van der Waals surface area contributed by atoms with Gasteiger partial charge in [-0.2, -0.15) is 0 Å². The molecule has 2 aromatic heterocycles. The average molecular weight is 1380 g/mol. The van der Waals surface area contributed by atoms with Gasteiger partial charge in [0.1, 0.15) is 34.3 Å². The largest absolute Gasteiger partial charge is 0.496 e. The fraction of sp³-hybridized carbons (Fsp3) is 0.277. The van der Waals surface area contributed by atoms with Crippen molar-refractivity contribution in [2.24, 2.45) is 33.9 Å². The van der Waals surface area contributed by atoms with Gasteiger partial charge in [-0.25, -0.2) is 18.4 Å². The quantitative estimate of drug-likeness (QED) is 0.0553. The Balaban J connectivity index is 0.000000260. The second-order valence-electron chi connectivity index (χ2n) is 21.0. The summed E-state index contributed by atoms with van der Waals surface area (Å²) in [6.45, 7) is 1.97. The lowest BCUT2D eigenvalue weighted by molar-refractivity contribution is -0.0281.